The van der Waals surface area contributed by atoms with Crippen LogP contribution in [0.1, 0.15) is 25.5 Å². The molecule has 2 rings (SSSR count). The number of hydrogen-bond donors (Lipinski definition) is 1. The second-order valence-electron chi connectivity index (χ2n) is 4.16. The Kier molecular flexibility index (Phi) is 3.02. The maximum Gasteiger partial charge on any atom is 0.334 e. The Labute approximate surface area is 104 Å². The van der Waals surface area contributed by atoms with E-state index < -0.39 is 17.8 Å². The third-order valence-corrected chi connectivity index (χ3v) is 3.05. The summed E-state index contributed by atoms with van der Waals surface area (Å²) in [5.74, 6) is -1.79. The van der Waals surface area contributed by atoms with E-state index in [1.165, 1.54) is 6.26 Å². The molecule has 0 saturated heterocycles. The van der Waals surface area contributed by atoms with Gasteiger partial charge in [-0.1, -0.05) is 0 Å². The first-order valence-electron chi connectivity index (χ1n) is 5.48. The zero-order valence-electron chi connectivity index (χ0n) is 10.0. The molecule has 0 radical (unpaired) electrons. The van der Waals surface area contributed by atoms with Crippen molar-refractivity contribution in [2.24, 2.45) is 10.9 Å². The number of aliphatic imine (C=N–C) groups is 1. The molecular weight excluding hydrogens is 232 g/mol. The van der Waals surface area contributed by atoms with Crippen LogP contribution in [0.2, 0.25) is 0 Å². The van der Waals surface area contributed by atoms with Crippen LogP contribution in [0.25, 0.3) is 0 Å². The SMILES string of the molecule is CC1=NC(C)=C(C(=O)O)C(c2ccco2)C1C#N. The van der Waals surface area contributed by atoms with E-state index in [4.69, 9.17) is 4.42 Å². The van der Waals surface area contributed by atoms with Crippen LogP contribution in [0.15, 0.2) is 39.1 Å². The third kappa shape index (κ3) is 1.82. The maximum atomic E-state index is 11.4. The molecule has 0 saturated carbocycles. The molecule has 0 spiro atoms. The number of nitriles is 1. The standard InChI is InChI=1S/C13H12N2O3/c1-7-9(6-14)12(10-4-3-5-18-10)11(13(16)17)8(2)15-7/h3-5,9,12H,1-2H3,(H,16,17). The van der Waals surface area contributed by atoms with Gasteiger partial charge in [-0.25, -0.2) is 4.79 Å². The van der Waals surface area contributed by atoms with Gasteiger partial charge in [-0.05, 0) is 26.0 Å². The minimum atomic E-state index is -1.06. The highest BCUT2D eigenvalue weighted by Crippen LogP contribution is 2.38. The molecule has 0 bridgehead atoms. The van der Waals surface area contributed by atoms with E-state index in [2.05, 4.69) is 11.1 Å². The van der Waals surface area contributed by atoms with Gasteiger partial charge in [0.1, 0.15) is 5.76 Å². The highest BCUT2D eigenvalue weighted by Gasteiger charge is 2.38. The van der Waals surface area contributed by atoms with Crippen molar-refractivity contribution in [2.45, 2.75) is 19.8 Å². The molecule has 1 aliphatic heterocycles. The van der Waals surface area contributed by atoms with Gasteiger partial charge in [-0.2, -0.15) is 5.26 Å². The number of nitrogens with zero attached hydrogens (tertiary/aromatic N) is 2. The molecule has 1 aliphatic rings. The largest absolute Gasteiger partial charge is 0.478 e. The van der Waals surface area contributed by atoms with Gasteiger partial charge in [0.25, 0.3) is 0 Å². The van der Waals surface area contributed by atoms with Crippen LogP contribution in [-0.4, -0.2) is 16.8 Å². The molecule has 5 heteroatoms. The summed E-state index contributed by atoms with van der Waals surface area (Å²) in [6.07, 6.45) is 1.47. The highest BCUT2D eigenvalue weighted by atomic mass is 16.4. The van der Waals surface area contributed by atoms with Crippen LogP contribution in [-0.2, 0) is 4.79 Å². The lowest BCUT2D eigenvalue weighted by atomic mass is 9.79. The van der Waals surface area contributed by atoms with E-state index in [0.717, 1.165) is 0 Å². The van der Waals surface area contributed by atoms with Gasteiger partial charge in [-0.15, -0.1) is 0 Å². The molecule has 0 aliphatic carbocycles. The number of furan rings is 1. The number of rotatable bonds is 2. The Balaban J connectivity index is 2.61. The molecule has 0 aromatic carbocycles. The van der Waals surface area contributed by atoms with Crippen molar-refractivity contribution in [1.29, 1.82) is 5.26 Å². The molecule has 2 atom stereocenters. The molecule has 0 fully saturated rings. The Morgan fingerprint density at radius 3 is 2.78 bits per heavy atom. The van der Waals surface area contributed by atoms with Crippen molar-refractivity contribution in [1.82, 2.24) is 0 Å². The van der Waals surface area contributed by atoms with Crippen LogP contribution in [0.4, 0.5) is 0 Å². The molecule has 92 valence electrons. The van der Waals surface area contributed by atoms with Crippen molar-refractivity contribution >= 4 is 11.7 Å². The van der Waals surface area contributed by atoms with Crippen LogP contribution < -0.4 is 0 Å². The number of hydrogen-bond acceptors (Lipinski definition) is 4. The Morgan fingerprint density at radius 2 is 2.28 bits per heavy atom. The molecule has 0 amide bonds. The summed E-state index contributed by atoms with van der Waals surface area (Å²) in [5.41, 5.74) is 1.16. The summed E-state index contributed by atoms with van der Waals surface area (Å²) in [6, 6.07) is 5.47. The van der Waals surface area contributed by atoms with Crippen LogP contribution in [0.3, 0.4) is 0 Å². The van der Waals surface area contributed by atoms with E-state index in [-0.39, 0.29) is 5.57 Å². The van der Waals surface area contributed by atoms with Crippen molar-refractivity contribution < 1.29 is 14.3 Å². The summed E-state index contributed by atoms with van der Waals surface area (Å²) in [6.45, 7) is 3.36. The van der Waals surface area contributed by atoms with Crippen molar-refractivity contribution in [3.05, 3.63) is 35.4 Å². The fraction of sp³-hybridized carbons (Fsp3) is 0.308. The Bertz CT molecular complexity index is 576. The quantitative estimate of drug-likeness (QED) is 0.864. The van der Waals surface area contributed by atoms with Crippen LogP contribution in [0, 0.1) is 17.2 Å². The topological polar surface area (TPSA) is 86.6 Å². The first kappa shape index (κ1) is 12.1. The van der Waals surface area contributed by atoms with Crippen LogP contribution in [0.5, 0.6) is 0 Å². The average molecular weight is 244 g/mol. The molecule has 5 nitrogen and oxygen atoms in total. The molecular formula is C13H12N2O3. The van der Waals surface area contributed by atoms with Gasteiger partial charge in [0.2, 0.25) is 0 Å². The van der Waals surface area contributed by atoms with Gasteiger partial charge in [0.05, 0.1) is 29.7 Å². The lowest BCUT2D eigenvalue weighted by Gasteiger charge is -2.25. The van der Waals surface area contributed by atoms with E-state index in [1.807, 2.05) is 0 Å². The number of carboxylic acids is 1. The first-order chi connectivity index (χ1) is 8.56. The lowest BCUT2D eigenvalue weighted by molar-refractivity contribution is -0.133. The summed E-state index contributed by atoms with van der Waals surface area (Å²) in [7, 11) is 0. The van der Waals surface area contributed by atoms with E-state index in [1.54, 1.807) is 26.0 Å². The normalized spacial score (nSPS) is 23.5. The molecule has 2 unspecified atom stereocenters. The minimum Gasteiger partial charge on any atom is -0.478 e. The number of allylic oxidation sites excluding steroid dienone is 1. The zero-order valence-corrected chi connectivity index (χ0v) is 10.0. The number of carboxylic acid groups (broad SMARTS) is 1. The number of carbonyl (C=O) groups is 1. The smallest absolute Gasteiger partial charge is 0.334 e. The molecule has 1 N–H and O–H groups in total. The molecule has 1 aromatic heterocycles. The number of aliphatic carboxylic acids is 1. The monoisotopic (exact) mass is 244 g/mol. The van der Waals surface area contributed by atoms with Crippen molar-refractivity contribution in [3.8, 4) is 6.07 Å². The lowest BCUT2D eigenvalue weighted by Crippen LogP contribution is -2.28. The Morgan fingerprint density at radius 1 is 1.56 bits per heavy atom. The second kappa shape index (κ2) is 4.49. The highest BCUT2D eigenvalue weighted by molar-refractivity contribution is 5.97. The van der Waals surface area contributed by atoms with E-state index in [0.29, 0.717) is 17.2 Å². The van der Waals surface area contributed by atoms with Gasteiger partial charge < -0.3 is 9.52 Å². The van der Waals surface area contributed by atoms with E-state index in [9.17, 15) is 15.2 Å². The van der Waals surface area contributed by atoms with E-state index >= 15 is 0 Å². The van der Waals surface area contributed by atoms with Crippen molar-refractivity contribution in [3.63, 3.8) is 0 Å². The zero-order chi connectivity index (χ0) is 13.3. The summed E-state index contributed by atoms with van der Waals surface area (Å²) < 4.78 is 5.28. The van der Waals surface area contributed by atoms with Crippen molar-refractivity contribution in [2.75, 3.05) is 0 Å². The predicted molar refractivity (Wildman–Crippen MR) is 64.0 cm³/mol. The Hall–Kier alpha value is -2.35. The fourth-order valence-electron chi connectivity index (χ4n) is 2.26. The third-order valence-electron chi connectivity index (χ3n) is 3.05. The average Bonchev–Trinajstić information content (AvgIpc) is 2.80. The second-order valence-corrected chi connectivity index (χ2v) is 4.16. The first-order valence-corrected chi connectivity index (χ1v) is 5.48. The maximum absolute atomic E-state index is 11.4. The van der Waals surface area contributed by atoms with Gasteiger partial charge in [0, 0.05) is 11.4 Å². The predicted octanol–water partition coefficient (Wildman–Crippen LogP) is 2.34. The minimum absolute atomic E-state index is 0.127. The van der Waals surface area contributed by atoms with Gasteiger partial charge >= 0.3 is 5.97 Å². The molecule has 2 heterocycles. The molecule has 1 aromatic rings. The van der Waals surface area contributed by atoms with Gasteiger partial charge in [-0.3, -0.25) is 4.99 Å². The van der Waals surface area contributed by atoms with Gasteiger partial charge in [0.15, 0.2) is 0 Å². The van der Waals surface area contributed by atoms with Crippen LogP contribution >= 0.6 is 0 Å². The fourth-order valence-corrected chi connectivity index (χ4v) is 2.26. The summed E-state index contributed by atoms with van der Waals surface area (Å²) in [4.78, 5) is 15.5. The summed E-state index contributed by atoms with van der Waals surface area (Å²) >= 11 is 0. The molecule has 18 heavy (non-hydrogen) atoms. The summed E-state index contributed by atoms with van der Waals surface area (Å²) in [5, 5.41) is 18.5.